The third-order valence-electron chi connectivity index (χ3n) is 4.10. The molecule has 0 aromatic heterocycles. The molecule has 128 valence electrons. The number of piperidine rings is 1. The molecule has 1 heterocycles. The van der Waals surface area contributed by atoms with Crippen molar-refractivity contribution in [2.45, 2.75) is 45.6 Å². The molecule has 1 saturated heterocycles. The van der Waals surface area contributed by atoms with E-state index in [2.05, 4.69) is 22.5 Å². The lowest BCUT2D eigenvalue weighted by atomic mass is 10.00. The molecule has 22 heavy (non-hydrogen) atoms. The molecule has 1 rings (SSSR count). The number of hydrogen-bond donors (Lipinski definition) is 2. The van der Waals surface area contributed by atoms with E-state index < -0.39 is 0 Å². The predicted molar refractivity (Wildman–Crippen MR) is 90.0 cm³/mol. The quantitative estimate of drug-likeness (QED) is 0.572. The molecule has 0 bridgehead atoms. The molecule has 0 aliphatic carbocycles. The van der Waals surface area contributed by atoms with Crippen molar-refractivity contribution in [2.75, 3.05) is 40.3 Å². The number of methoxy groups -OCH3 is 1. The minimum atomic E-state index is -0.253. The summed E-state index contributed by atoms with van der Waals surface area (Å²) < 4.78 is 5.36. The van der Waals surface area contributed by atoms with Gasteiger partial charge in [-0.3, -0.25) is 9.79 Å². The molecule has 0 spiro atoms. The molecule has 1 amide bonds. The molecule has 0 radical (unpaired) electrons. The second-order valence-corrected chi connectivity index (χ2v) is 6.65. The zero-order valence-corrected chi connectivity index (χ0v) is 14.7. The summed E-state index contributed by atoms with van der Waals surface area (Å²) in [6.07, 6.45) is 2.85. The number of nitrogens with one attached hydrogen (secondary N) is 2. The largest absolute Gasteiger partial charge is 0.377 e. The maximum Gasteiger partial charge on any atom is 0.224 e. The zero-order chi connectivity index (χ0) is 16.6. The molecule has 0 aromatic carbocycles. The van der Waals surface area contributed by atoms with E-state index in [9.17, 15) is 4.79 Å². The number of nitrogens with zero attached hydrogens (tertiary/aromatic N) is 2. The number of ether oxygens (including phenoxy) is 1. The summed E-state index contributed by atoms with van der Waals surface area (Å²) in [4.78, 5) is 18.3. The topological polar surface area (TPSA) is 66.0 Å². The molecule has 1 aliphatic heterocycles. The lowest BCUT2D eigenvalue weighted by Gasteiger charge is -2.31. The molecule has 1 aliphatic rings. The first-order chi connectivity index (χ1) is 10.4. The molecule has 1 fully saturated rings. The molecule has 2 N–H and O–H groups in total. The molecule has 1 unspecified atom stereocenters. The lowest BCUT2D eigenvalue weighted by Crippen LogP contribution is -2.46. The van der Waals surface area contributed by atoms with Gasteiger partial charge in [-0.25, -0.2) is 0 Å². The van der Waals surface area contributed by atoms with Crippen molar-refractivity contribution in [1.29, 1.82) is 0 Å². The average Bonchev–Trinajstić information content (AvgIpc) is 2.50. The van der Waals surface area contributed by atoms with Crippen molar-refractivity contribution in [3.05, 3.63) is 0 Å². The van der Waals surface area contributed by atoms with Crippen LogP contribution in [0.3, 0.4) is 0 Å². The first kappa shape index (κ1) is 18.7. The van der Waals surface area contributed by atoms with Gasteiger partial charge in [0.1, 0.15) is 0 Å². The highest BCUT2D eigenvalue weighted by atomic mass is 16.5. The summed E-state index contributed by atoms with van der Waals surface area (Å²) in [5.74, 6) is 1.55. The van der Waals surface area contributed by atoms with Gasteiger partial charge in [0.2, 0.25) is 5.91 Å². The van der Waals surface area contributed by atoms with Gasteiger partial charge in [-0.05, 0) is 32.6 Å². The van der Waals surface area contributed by atoms with Gasteiger partial charge >= 0.3 is 0 Å². The van der Waals surface area contributed by atoms with Crippen molar-refractivity contribution >= 4 is 11.9 Å². The second kappa shape index (κ2) is 8.98. The van der Waals surface area contributed by atoms with Crippen LogP contribution in [0.2, 0.25) is 0 Å². The summed E-state index contributed by atoms with van der Waals surface area (Å²) in [6, 6.07) is 0. The molecular formula is C16H32N4O2. The Balaban J connectivity index is 2.28. The van der Waals surface area contributed by atoms with Crippen LogP contribution in [-0.2, 0) is 9.53 Å². The van der Waals surface area contributed by atoms with E-state index in [4.69, 9.17) is 4.74 Å². The average molecular weight is 312 g/mol. The van der Waals surface area contributed by atoms with Crippen LogP contribution in [0.5, 0.6) is 0 Å². The Morgan fingerprint density at radius 3 is 2.73 bits per heavy atom. The smallest absolute Gasteiger partial charge is 0.224 e. The van der Waals surface area contributed by atoms with E-state index in [1.807, 2.05) is 18.7 Å². The van der Waals surface area contributed by atoms with Gasteiger partial charge in [0.05, 0.1) is 5.60 Å². The van der Waals surface area contributed by atoms with E-state index in [0.29, 0.717) is 31.4 Å². The van der Waals surface area contributed by atoms with E-state index in [-0.39, 0.29) is 11.5 Å². The highest BCUT2D eigenvalue weighted by Crippen LogP contribution is 2.15. The van der Waals surface area contributed by atoms with Crippen molar-refractivity contribution < 1.29 is 9.53 Å². The van der Waals surface area contributed by atoms with Crippen LogP contribution < -0.4 is 10.6 Å². The number of hydrogen-bond acceptors (Lipinski definition) is 3. The van der Waals surface area contributed by atoms with Crippen molar-refractivity contribution in [3.8, 4) is 0 Å². The van der Waals surface area contributed by atoms with Crippen LogP contribution in [0.4, 0.5) is 0 Å². The fourth-order valence-electron chi connectivity index (χ4n) is 2.45. The first-order valence-corrected chi connectivity index (χ1v) is 8.15. The zero-order valence-electron chi connectivity index (χ0n) is 14.7. The fourth-order valence-corrected chi connectivity index (χ4v) is 2.45. The highest BCUT2D eigenvalue weighted by Gasteiger charge is 2.20. The molecule has 6 heteroatoms. The van der Waals surface area contributed by atoms with Crippen molar-refractivity contribution in [3.63, 3.8) is 0 Å². The summed E-state index contributed by atoms with van der Waals surface area (Å²) in [5, 5.41) is 6.39. The van der Waals surface area contributed by atoms with Crippen LogP contribution in [0.25, 0.3) is 0 Å². The maximum atomic E-state index is 12.2. The molecule has 0 aromatic rings. The summed E-state index contributed by atoms with van der Waals surface area (Å²) in [5.41, 5.74) is -0.253. The Hall–Kier alpha value is -1.30. The van der Waals surface area contributed by atoms with Gasteiger partial charge in [-0.1, -0.05) is 6.92 Å². The Bertz CT molecular complexity index is 382. The molecule has 1 atom stereocenters. The number of aliphatic imine (C=N–C) groups is 1. The Morgan fingerprint density at radius 2 is 2.14 bits per heavy atom. The molecule has 0 saturated carbocycles. The Morgan fingerprint density at radius 1 is 1.41 bits per heavy atom. The number of carbonyl (C=O) groups excluding carboxylic acids is 1. The summed E-state index contributed by atoms with van der Waals surface area (Å²) in [6.45, 7) is 9.27. The fraction of sp³-hybridized carbons (Fsp3) is 0.875. The lowest BCUT2D eigenvalue weighted by molar-refractivity contribution is -0.132. The number of rotatable bonds is 6. The molecular weight excluding hydrogens is 280 g/mol. The van der Waals surface area contributed by atoms with Gasteiger partial charge in [0.25, 0.3) is 0 Å². The monoisotopic (exact) mass is 312 g/mol. The summed E-state index contributed by atoms with van der Waals surface area (Å²) in [7, 11) is 3.42. The van der Waals surface area contributed by atoms with Gasteiger partial charge in [-0.2, -0.15) is 0 Å². The molecule has 6 nitrogen and oxygen atoms in total. The minimum Gasteiger partial charge on any atom is -0.377 e. The van der Waals surface area contributed by atoms with Crippen LogP contribution in [0, 0.1) is 5.92 Å². The van der Waals surface area contributed by atoms with Crippen LogP contribution in [-0.4, -0.2) is 62.7 Å². The van der Waals surface area contributed by atoms with Gasteiger partial charge in [0.15, 0.2) is 5.96 Å². The predicted octanol–water partition coefficient (Wildman–Crippen LogP) is 1.23. The summed E-state index contributed by atoms with van der Waals surface area (Å²) >= 11 is 0. The van der Waals surface area contributed by atoms with Gasteiger partial charge in [0, 0.05) is 46.8 Å². The number of amides is 1. The normalized spacial score (nSPS) is 20.0. The van der Waals surface area contributed by atoms with Crippen LogP contribution in [0.15, 0.2) is 4.99 Å². The first-order valence-electron chi connectivity index (χ1n) is 8.15. The third-order valence-corrected chi connectivity index (χ3v) is 4.10. The second-order valence-electron chi connectivity index (χ2n) is 6.65. The Kier molecular flexibility index (Phi) is 7.65. The number of likely N-dealkylation sites (tertiary alicyclic amines) is 1. The van der Waals surface area contributed by atoms with Gasteiger partial charge < -0.3 is 20.3 Å². The van der Waals surface area contributed by atoms with Gasteiger partial charge in [-0.15, -0.1) is 0 Å². The van der Waals surface area contributed by atoms with Crippen LogP contribution >= 0.6 is 0 Å². The number of guanidine groups is 1. The van der Waals surface area contributed by atoms with Crippen molar-refractivity contribution in [2.24, 2.45) is 10.9 Å². The number of carbonyl (C=O) groups is 1. The van der Waals surface area contributed by atoms with Crippen molar-refractivity contribution in [1.82, 2.24) is 15.5 Å². The van der Waals surface area contributed by atoms with E-state index in [1.165, 1.54) is 6.42 Å². The third kappa shape index (κ3) is 6.64. The van der Waals surface area contributed by atoms with E-state index >= 15 is 0 Å². The highest BCUT2D eigenvalue weighted by molar-refractivity contribution is 5.81. The van der Waals surface area contributed by atoms with E-state index in [0.717, 1.165) is 19.5 Å². The maximum absolute atomic E-state index is 12.2. The standard InChI is InChI=1S/C16H32N4O2/c1-13-7-6-10-20(11-13)14(21)8-9-18-15(17-4)19-12-16(2,3)22-5/h13H,6-12H2,1-5H3,(H2,17,18,19). The SMILES string of the molecule is CN=C(NCCC(=O)N1CCCC(C)C1)NCC(C)(C)OC. The van der Waals surface area contributed by atoms with Crippen LogP contribution in [0.1, 0.15) is 40.0 Å². The Labute approximate surface area is 134 Å². The van der Waals surface area contributed by atoms with E-state index in [1.54, 1.807) is 14.2 Å². The minimum absolute atomic E-state index is 0.228.